The first-order valence-electron chi connectivity index (χ1n) is 8.76. The number of H-pyrrole nitrogens is 1. The van der Waals surface area contributed by atoms with Crippen LogP contribution in [0.1, 0.15) is 49.5 Å². The van der Waals surface area contributed by atoms with Crippen LogP contribution in [0.25, 0.3) is 0 Å². The Morgan fingerprint density at radius 3 is 3.08 bits per heavy atom. The normalized spacial score (nSPS) is 18.0. The quantitative estimate of drug-likeness (QED) is 0.815. The molecular weight excluding hydrogens is 323 g/mol. The number of hydrogen-bond acceptors (Lipinski definition) is 4. The first-order chi connectivity index (χ1) is 12.2. The molecule has 1 aliphatic heterocycles. The average Bonchev–Trinajstić information content (AvgIpc) is 3.00. The van der Waals surface area contributed by atoms with E-state index in [1.54, 1.807) is 6.07 Å². The largest absolute Gasteiger partial charge is 0.338 e. The molecule has 2 aromatic rings. The third-order valence-electron chi connectivity index (χ3n) is 4.49. The molecule has 8 heteroatoms. The molecule has 0 unspecified atom stereocenters. The van der Waals surface area contributed by atoms with E-state index in [-0.39, 0.29) is 17.9 Å². The first-order valence-corrected chi connectivity index (χ1v) is 8.76. The molecule has 3 rings (SSSR count). The highest BCUT2D eigenvalue weighted by molar-refractivity contribution is 5.74. The third-order valence-corrected chi connectivity index (χ3v) is 4.49. The fourth-order valence-electron chi connectivity index (χ4n) is 3.24. The molecule has 7 nitrogen and oxygen atoms in total. The summed E-state index contributed by atoms with van der Waals surface area (Å²) >= 11 is 0. The zero-order valence-corrected chi connectivity index (χ0v) is 14.1. The SMILES string of the molecule is O=C(NCCCc1nn[nH]n1)N1CCCCC[C@H]1c1cccc(F)c1. The summed E-state index contributed by atoms with van der Waals surface area (Å²) in [6, 6.07) is 6.40. The molecule has 0 spiro atoms. The van der Waals surface area contributed by atoms with Crippen LogP contribution in [-0.2, 0) is 6.42 Å². The van der Waals surface area contributed by atoms with Crippen LogP contribution in [0.5, 0.6) is 0 Å². The predicted octanol–water partition coefficient (Wildman–Crippen LogP) is 2.60. The van der Waals surface area contributed by atoms with Crippen LogP contribution in [-0.4, -0.2) is 44.6 Å². The van der Waals surface area contributed by atoms with Gasteiger partial charge in [-0.15, -0.1) is 10.2 Å². The lowest BCUT2D eigenvalue weighted by Crippen LogP contribution is -2.42. The summed E-state index contributed by atoms with van der Waals surface area (Å²) in [5, 5.41) is 16.7. The van der Waals surface area contributed by atoms with Crippen molar-refractivity contribution in [3.05, 3.63) is 41.5 Å². The van der Waals surface area contributed by atoms with Gasteiger partial charge in [-0.25, -0.2) is 9.18 Å². The number of nitrogens with one attached hydrogen (secondary N) is 2. The van der Waals surface area contributed by atoms with E-state index in [0.717, 1.165) is 37.7 Å². The maximum atomic E-state index is 13.6. The maximum absolute atomic E-state index is 13.6. The molecule has 1 aromatic carbocycles. The molecule has 2 heterocycles. The topological polar surface area (TPSA) is 86.8 Å². The van der Waals surface area contributed by atoms with Gasteiger partial charge in [-0.1, -0.05) is 30.2 Å². The summed E-state index contributed by atoms with van der Waals surface area (Å²) in [4.78, 5) is 14.5. The van der Waals surface area contributed by atoms with Gasteiger partial charge in [-0.3, -0.25) is 0 Å². The minimum Gasteiger partial charge on any atom is -0.338 e. The second-order valence-electron chi connectivity index (χ2n) is 6.28. The summed E-state index contributed by atoms with van der Waals surface area (Å²) in [6.45, 7) is 1.23. The smallest absolute Gasteiger partial charge is 0.317 e. The zero-order valence-electron chi connectivity index (χ0n) is 14.1. The number of carbonyl (C=O) groups is 1. The molecule has 134 valence electrons. The molecule has 1 fully saturated rings. The summed E-state index contributed by atoms with van der Waals surface area (Å²) < 4.78 is 13.6. The highest BCUT2D eigenvalue weighted by Crippen LogP contribution is 2.30. The summed E-state index contributed by atoms with van der Waals surface area (Å²) in [6.07, 6.45) is 5.37. The Kier molecular flexibility index (Phi) is 5.92. The van der Waals surface area contributed by atoms with E-state index < -0.39 is 0 Å². The van der Waals surface area contributed by atoms with Gasteiger partial charge in [0.25, 0.3) is 0 Å². The van der Waals surface area contributed by atoms with Crippen LogP contribution in [0.3, 0.4) is 0 Å². The Bertz CT molecular complexity index is 678. The lowest BCUT2D eigenvalue weighted by Gasteiger charge is -2.30. The van der Waals surface area contributed by atoms with E-state index in [2.05, 4.69) is 25.9 Å². The van der Waals surface area contributed by atoms with Crippen molar-refractivity contribution in [2.45, 2.75) is 44.6 Å². The van der Waals surface area contributed by atoms with Crippen molar-refractivity contribution in [1.82, 2.24) is 30.8 Å². The Morgan fingerprint density at radius 1 is 1.36 bits per heavy atom. The van der Waals surface area contributed by atoms with Gasteiger partial charge in [0.15, 0.2) is 5.82 Å². The number of amides is 2. The molecule has 1 aromatic heterocycles. The van der Waals surface area contributed by atoms with Gasteiger partial charge in [-0.05, 0) is 37.0 Å². The van der Waals surface area contributed by atoms with E-state index in [4.69, 9.17) is 0 Å². The number of tetrazole rings is 1. The number of hydrogen-bond donors (Lipinski definition) is 2. The number of carbonyl (C=O) groups excluding carboxylic acids is 1. The Hall–Kier alpha value is -2.51. The van der Waals surface area contributed by atoms with Crippen LogP contribution in [0, 0.1) is 5.82 Å². The molecule has 0 saturated carbocycles. The molecule has 2 N–H and O–H groups in total. The minimum absolute atomic E-state index is 0.0737. The second-order valence-corrected chi connectivity index (χ2v) is 6.28. The number of aryl methyl sites for hydroxylation is 1. The molecule has 0 aliphatic carbocycles. The van der Waals surface area contributed by atoms with Crippen LogP contribution in [0.15, 0.2) is 24.3 Å². The van der Waals surface area contributed by atoms with E-state index in [1.165, 1.54) is 12.1 Å². The second kappa shape index (κ2) is 8.55. The van der Waals surface area contributed by atoms with Crippen molar-refractivity contribution in [3.8, 4) is 0 Å². The van der Waals surface area contributed by atoms with Crippen molar-refractivity contribution in [3.63, 3.8) is 0 Å². The van der Waals surface area contributed by atoms with Crippen LogP contribution in [0.2, 0.25) is 0 Å². The molecule has 25 heavy (non-hydrogen) atoms. The fraction of sp³-hybridized carbons (Fsp3) is 0.529. The van der Waals surface area contributed by atoms with E-state index in [9.17, 15) is 9.18 Å². The number of urea groups is 1. The Balaban J connectivity index is 1.59. The lowest BCUT2D eigenvalue weighted by atomic mass is 10.0. The van der Waals surface area contributed by atoms with Gasteiger partial charge in [-0.2, -0.15) is 5.21 Å². The molecular formula is C17H23FN6O. The van der Waals surface area contributed by atoms with Crippen molar-refractivity contribution >= 4 is 6.03 Å². The molecule has 1 atom stereocenters. The predicted molar refractivity (Wildman–Crippen MR) is 90.2 cm³/mol. The number of nitrogens with zero attached hydrogens (tertiary/aromatic N) is 4. The number of likely N-dealkylation sites (tertiary alicyclic amines) is 1. The zero-order chi connectivity index (χ0) is 17.5. The van der Waals surface area contributed by atoms with Crippen molar-refractivity contribution in [2.75, 3.05) is 13.1 Å². The number of aromatic amines is 1. The monoisotopic (exact) mass is 346 g/mol. The molecule has 0 radical (unpaired) electrons. The lowest BCUT2D eigenvalue weighted by molar-refractivity contribution is 0.175. The fourth-order valence-corrected chi connectivity index (χ4v) is 3.24. The molecule has 0 bridgehead atoms. The van der Waals surface area contributed by atoms with Crippen molar-refractivity contribution in [2.24, 2.45) is 0 Å². The van der Waals surface area contributed by atoms with Gasteiger partial charge >= 0.3 is 6.03 Å². The van der Waals surface area contributed by atoms with E-state index in [0.29, 0.717) is 25.3 Å². The molecule has 1 saturated heterocycles. The first kappa shape index (κ1) is 17.3. The average molecular weight is 346 g/mol. The van der Waals surface area contributed by atoms with Gasteiger partial charge in [0, 0.05) is 19.5 Å². The van der Waals surface area contributed by atoms with Gasteiger partial charge in [0.1, 0.15) is 5.82 Å². The highest BCUT2D eigenvalue weighted by Gasteiger charge is 2.26. The standard InChI is InChI=1S/C17H23FN6O/c18-14-7-4-6-13(12-14)15-8-2-1-3-11-24(15)17(25)19-10-5-9-16-20-22-23-21-16/h4,6-7,12,15H,1-3,5,8-11H2,(H,19,25)(H,20,21,22,23)/t15-/m0/s1. The number of aromatic nitrogens is 4. The van der Waals surface area contributed by atoms with Crippen LogP contribution in [0.4, 0.5) is 9.18 Å². The van der Waals surface area contributed by atoms with Crippen molar-refractivity contribution < 1.29 is 9.18 Å². The third kappa shape index (κ3) is 4.74. The van der Waals surface area contributed by atoms with E-state index in [1.807, 2.05) is 11.0 Å². The van der Waals surface area contributed by atoms with Crippen molar-refractivity contribution in [1.29, 1.82) is 0 Å². The Labute approximate surface area is 146 Å². The van der Waals surface area contributed by atoms with Gasteiger partial charge in [0.05, 0.1) is 6.04 Å². The summed E-state index contributed by atoms with van der Waals surface area (Å²) in [5.74, 6) is 0.379. The molecule has 2 amide bonds. The number of benzene rings is 1. The number of halogens is 1. The van der Waals surface area contributed by atoms with E-state index >= 15 is 0 Å². The Morgan fingerprint density at radius 2 is 2.28 bits per heavy atom. The van der Waals surface area contributed by atoms with Gasteiger partial charge in [0.2, 0.25) is 0 Å². The number of rotatable bonds is 5. The molecule has 1 aliphatic rings. The minimum atomic E-state index is -0.262. The van der Waals surface area contributed by atoms with Gasteiger partial charge < -0.3 is 10.2 Å². The maximum Gasteiger partial charge on any atom is 0.317 e. The summed E-state index contributed by atoms with van der Waals surface area (Å²) in [7, 11) is 0. The van der Waals surface area contributed by atoms with Crippen LogP contribution < -0.4 is 5.32 Å². The highest BCUT2D eigenvalue weighted by atomic mass is 19.1. The summed E-state index contributed by atoms with van der Waals surface area (Å²) in [5.41, 5.74) is 0.865. The van der Waals surface area contributed by atoms with Crippen LogP contribution >= 0.6 is 0 Å².